The number of nitro benzene ring substituents is 1. The predicted molar refractivity (Wildman–Crippen MR) is 65.9 cm³/mol. The average Bonchev–Trinajstić information content (AvgIpc) is 2.37. The highest BCUT2D eigenvalue weighted by molar-refractivity contribution is 5.59. The van der Waals surface area contributed by atoms with Gasteiger partial charge in [0, 0.05) is 24.8 Å². The van der Waals surface area contributed by atoms with Crippen LogP contribution >= 0.6 is 0 Å². The summed E-state index contributed by atoms with van der Waals surface area (Å²) >= 11 is 0. The van der Waals surface area contributed by atoms with Crippen molar-refractivity contribution in [3.8, 4) is 12.1 Å². The quantitative estimate of drug-likeness (QED) is 0.597. The molecular formula is C12H12N4O2. The Labute approximate surface area is 105 Å². The van der Waals surface area contributed by atoms with Crippen LogP contribution in [0.25, 0.3) is 0 Å². The van der Waals surface area contributed by atoms with Crippen LogP contribution in [0.5, 0.6) is 0 Å². The molecule has 0 aliphatic rings. The monoisotopic (exact) mass is 244 g/mol. The summed E-state index contributed by atoms with van der Waals surface area (Å²) in [7, 11) is 1.78. The van der Waals surface area contributed by atoms with Crippen molar-refractivity contribution in [2.24, 2.45) is 0 Å². The third-order valence-corrected chi connectivity index (χ3v) is 2.75. The Balaban J connectivity index is 3.11. The number of nitriles is 2. The lowest BCUT2D eigenvalue weighted by molar-refractivity contribution is -0.385. The molecule has 1 atom stereocenters. The number of anilines is 1. The zero-order valence-corrected chi connectivity index (χ0v) is 10.1. The van der Waals surface area contributed by atoms with Gasteiger partial charge in [0.15, 0.2) is 0 Å². The fourth-order valence-electron chi connectivity index (χ4n) is 1.52. The topological polar surface area (TPSA) is 94.0 Å². The van der Waals surface area contributed by atoms with Crippen molar-refractivity contribution in [2.45, 2.75) is 19.4 Å². The van der Waals surface area contributed by atoms with E-state index in [9.17, 15) is 10.1 Å². The molecule has 6 nitrogen and oxygen atoms in total. The Morgan fingerprint density at radius 3 is 2.67 bits per heavy atom. The highest BCUT2D eigenvalue weighted by atomic mass is 16.6. The van der Waals surface area contributed by atoms with Crippen molar-refractivity contribution >= 4 is 11.4 Å². The number of nitro groups is 1. The first-order valence-corrected chi connectivity index (χ1v) is 5.29. The second-order valence-corrected chi connectivity index (χ2v) is 3.89. The van der Waals surface area contributed by atoms with Crippen molar-refractivity contribution in [1.82, 2.24) is 0 Å². The molecule has 0 bridgehead atoms. The summed E-state index contributed by atoms with van der Waals surface area (Å²) in [6, 6.07) is 8.20. The number of hydrogen-bond donors (Lipinski definition) is 0. The van der Waals surface area contributed by atoms with Gasteiger partial charge in [-0.3, -0.25) is 10.1 Å². The number of hydrogen-bond acceptors (Lipinski definition) is 5. The molecule has 6 heteroatoms. The van der Waals surface area contributed by atoms with Crippen LogP contribution < -0.4 is 4.90 Å². The average molecular weight is 244 g/mol. The molecule has 0 spiro atoms. The van der Waals surface area contributed by atoms with Crippen molar-refractivity contribution in [3.63, 3.8) is 0 Å². The molecule has 1 aromatic carbocycles. The Morgan fingerprint density at radius 2 is 2.17 bits per heavy atom. The van der Waals surface area contributed by atoms with E-state index in [2.05, 4.69) is 6.07 Å². The van der Waals surface area contributed by atoms with E-state index in [1.54, 1.807) is 13.1 Å². The van der Waals surface area contributed by atoms with Gasteiger partial charge in [-0.1, -0.05) is 0 Å². The van der Waals surface area contributed by atoms with Crippen LogP contribution in [0, 0.1) is 32.8 Å². The molecule has 0 radical (unpaired) electrons. The normalized spacial score (nSPS) is 11.1. The molecule has 0 fully saturated rings. The third-order valence-electron chi connectivity index (χ3n) is 2.75. The molecule has 0 aliphatic heterocycles. The van der Waals surface area contributed by atoms with Crippen LogP contribution in [0.1, 0.15) is 18.9 Å². The number of rotatable bonds is 4. The van der Waals surface area contributed by atoms with Crippen LogP contribution in [0.15, 0.2) is 18.2 Å². The van der Waals surface area contributed by atoms with E-state index in [0.29, 0.717) is 12.1 Å². The van der Waals surface area contributed by atoms with Gasteiger partial charge in [-0.05, 0) is 19.1 Å². The molecule has 0 saturated carbocycles. The molecule has 0 aromatic heterocycles. The highest BCUT2D eigenvalue weighted by Crippen LogP contribution is 2.25. The van der Waals surface area contributed by atoms with Crippen molar-refractivity contribution in [3.05, 3.63) is 33.9 Å². The van der Waals surface area contributed by atoms with Crippen LogP contribution in [-0.4, -0.2) is 18.0 Å². The molecule has 1 aromatic rings. The Bertz CT molecular complexity index is 542. The summed E-state index contributed by atoms with van der Waals surface area (Å²) < 4.78 is 0. The van der Waals surface area contributed by atoms with Gasteiger partial charge in [-0.2, -0.15) is 10.5 Å². The maximum atomic E-state index is 10.7. The minimum Gasteiger partial charge on any atom is -0.371 e. The van der Waals surface area contributed by atoms with Gasteiger partial charge in [0.2, 0.25) is 0 Å². The number of nitrogens with zero attached hydrogens (tertiary/aromatic N) is 4. The van der Waals surface area contributed by atoms with E-state index >= 15 is 0 Å². The molecule has 1 unspecified atom stereocenters. The fourth-order valence-corrected chi connectivity index (χ4v) is 1.52. The van der Waals surface area contributed by atoms with E-state index in [0.717, 1.165) is 0 Å². The SMILES string of the molecule is CC(CC#N)N(C)c1ccc([N+](=O)[O-])c(C#N)c1. The zero-order valence-electron chi connectivity index (χ0n) is 10.1. The minimum atomic E-state index is -0.582. The molecule has 0 saturated heterocycles. The van der Waals surface area contributed by atoms with Gasteiger partial charge >= 0.3 is 0 Å². The highest BCUT2D eigenvalue weighted by Gasteiger charge is 2.17. The maximum Gasteiger partial charge on any atom is 0.287 e. The van der Waals surface area contributed by atoms with Gasteiger partial charge in [-0.15, -0.1) is 0 Å². The van der Waals surface area contributed by atoms with Crippen LogP contribution in [-0.2, 0) is 0 Å². The summed E-state index contributed by atoms with van der Waals surface area (Å²) in [4.78, 5) is 11.9. The third kappa shape index (κ3) is 2.74. The van der Waals surface area contributed by atoms with E-state index in [4.69, 9.17) is 10.5 Å². The first kappa shape index (κ1) is 13.5. The smallest absolute Gasteiger partial charge is 0.287 e. The summed E-state index contributed by atoms with van der Waals surface area (Å²) in [6.07, 6.45) is 0.343. The lowest BCUT2D eigenvalue weighted by Crippen LogP contribution is -2.28. The van der Waals surface area contributed by atoms with Crippen molar-refractivity contribution < 1.29 is 4.92 Å². The van der Waals surface area contributed by atoms with Crippen molar-refractivity contribution in [2.75, 3.05) is 11.9 Å². The lowest BCUT2D eigenvalue weighted by Gasteiger charge is -2.25. The summed E-state index contributed by atoms with van der Waals surface area (Å²) in [5.41, 5.74) is 0.496. The van der Waals surface area contributed by atoms with Crippen LogP contribution in [0.3, 0.4) is 0 Å². The Hall–Kier alpha value is -2.60. The summed E-state index contributed by atoms with van der Waals surface area (Å²) in [5, 5.41) is 28.2. The van der Waals surface area contributed by atoms with E-state index in [1.807, 2.05) is 17.9 Å². The Kier molecular flexibility index (Phi) is 4.22. The van der Waals surface area contributed by atoms with E-state index < -0.39 is 4.92 Å². The minimum absolute atomic E-state index is 0.0218. The van der Waals surface area contributed by atoms with Gasteiger partial charge in [0.25, 0.3) is 5.69 Å². The van der Waals surface area contributed by atoms with Crippen molar-refractivity contribution in [1.29, 1.82) is 10.5 Å². The van der Waals surface area contributed by atoms with E-state index in [1.165, 1.54) is 12.1 Å². The first-order chi connectivity index (χ1) is 8.51. The molecule has 0 N–H and O–H groups in total. The largest absolute Gasteiger partial charge is 0.371 e. The molecule has 0 aliphatic carbocycles. The van der Waals surface area contributed by atoms with Crippen LogP contribution in [0.2, 0.25) is 0 Å². The second kappa shape index (κ2) is 5.65. The second-order valence-electron chi connectivity index (χ2n) is 3.89. The Morgan fingerprint density at radius 1 is 1.50 bits per heavy atom. The zero-order chi connectivity index (χ0) is 13.7. The van der Waals surface area contributed by atoms with E-state index in [-0.39, 0.29) is 17.3 Å². The molecule has 0 heterocycles. The van der Waals surface area contributed by atoms with Gasteiger partial charge < -0.3 is 4.90 Å². The summed E-state index contributed by atoms with van der Waals surface area (Å²) in [6.45, 7) is 1.87. The summed E-state index contributed by atoms with van der Waals surface area (Å²) in [5.74, 6) is 0. The molecular weight excluding hydrogens is 232 g/mol. The maximum absolute atomic E-state index is 10.7. The predicted octanol–water partition coefficient (Wildman–Crippen LogP) is 2.20. The molecule has 92 valence electrons. The van der Waals surface area contributed by atoms with Gasteiger partial charge in [0.1, 0.15) is 11.6 Å². The lowest BCUT2D eigenvalue weighted by atomic mass is 10.1. The first-order valence-electron chi connectivity index (χ1n) is 5.29. The fraction of sp³-hybridized carbons (Fsp3) is 0.333. The standard InChI is InChI=1S/C12H12N4O2/c1-9(5-6-13)15(2)11-3-4-12(16(17)18)10(7-11)8-14/h3-4,7,9H,5H2,1-2H3. The molecule has 0 amide bonds. The molecule has 1 rings (SSSR count). The van der Waals surface area contributed by atoms with Gasteiger partial charge in [-0.25, -0.2) is 0 Å². The number of benzene rings is 1. The van der Waals surface area contributed by atoms with Crippen LogP contribution in [0.4, 0.5) is 11.4 Å². The molecule has 18 heavy (non-hydrogen) atoms. The van der Waals surface area contributed by atoms with Gasteiger partial charge in [0.05, 0.1) is 17.4 Å².